The summed E-state index contributed by atoms with van der Waals surface area (Å²) < 4.78 is 117. The van der Waals surface area contributed by atoms with Crippen LogP contribution in [0.1, 0.15) is 0 Å². The summed E-state index contributed by atoms with van der Waals surface area (Å²) >= 11 is 0.207. The highest BCUT2D eigenvalue weighted by atomic mass is 127. The molecule has 0 saturated heterocycles. The highest BCUT2D eigenvalue weighted by Gasteiger charge is 2.85. The average molecular weight is 457 g/mol. The monoisotopic (exact) mass is 456 g/mol. The maximum atomic E-state index is 12.5. The second-order valence-corrected chi connectivity index (χ2v) is 5.07. The Morgan fingerprint density at radius 3 is 1.06 bits per heavy atom. The zero-order valence-corrected chi connectivity index (χ0v) is 10.8. The molecule has 0 aliphatic heterocycles. The molecule has 0 amide bonds. The Balaban J connectivity index is 5.73. The van der Waals surface area contributed by atoms with Gasteiger partial charge in [0.2, 0.25) is 0 Å². The maximum Gasteiger partial charge on any atom is 0.388 e. The van der Waals surface area contributed by atoms with Crippen LogP contribution in [0.2, 0.25) is 0 Å². The minimum absolute atomic E-state index is 0.544. The van der Waals surface area contributed by atoms with Gasteiger partial charge >= 0.3 is 26.5 Å². The van der Waals surface area contributed by atoms with Gasteiger partial charge in [-0.1, -0.05) is 0 Å². The van der Waals surface area contributed by atoms with Gasteiger partial charge in [-0.25, -0.2) is 0 Å². The first-order valence-electron chi connectivity index (χ1n) is 3.27. The van der Waals surface area contributed by atoms with E-state index in [0.29, 0.717) is 0 Å². The Morgan fingerprint density at radius 2 is 0.882 bits per heavy atom. The highest BCUT2D eigenvalue weighted by molar-refractivity contribution is 14.1. The van der Waals surface area contributed by atoms with E-state index in [2.05, 4.69) is 0 Å². The predicted molar refractivity (Wildman–Crippen MR) is 47.7 cm³/mol. The summed E-state index contributed by atoms with van der Waals surface area (Å²) in [7, 11) is 0. The Bertz CT molecular complexity index is 260. The quantitative estimate of drug-likeness (QED) is 0.320. The topological polar surface area (TPSA) is 0 Å². The van der Waals surface area contributed by atoms with Crippen molar-refractivity contribution in [1.82, 2.24) is 0 Å². The van der Waals surface area contributed by atoms with E-state index in [4.69, 9.17) is 0 Å². The standard InChI is InChI=1S/C5BrF10I/c6-4(13,14)2(9,10)1(7,8)3(11,12)5(15,16)17. The van der Waals surface area contributed by atoms with E-state index in [1.807, 2.05) is 0 Å². The fourth-order valence-corrected chi connectivity index (χ4v) is 1.14. The van der Waals surface area contributed by atoms with Crippen LogP contribution in [0.5, 0.6) is 0 Å². The maximum absolute atomic E-state index is 12.5. The van der Waals surface area contributed by atoms with Gasteiger partial charge in [0.05, 0.1) is 0 Å². The molecule has 0 aromatic carbocycles. The zero-order chi connectivity index (χ0) is 14.5. The second kappa shape index (κ2) is 4.27. The lowest BCUT2D eigenvalue weighted by atomic mass is 10.1. The first-order chi connectivity index (χ1) is 7.00. The number of alkyl halides is 12. The molecule has 12 heteroatoms. The Morgan fingerprint density at radius 1 is 0.588 bits per heavy atom. The summed E-state index contributed by atoms with van der Waals surface area (Å²) in [6.45, 7) is 0. The predicted octanol–water partition coefficient (Wildman–Crippen LogP) is 4.91. The molecule has 0 aliphatic carbocycles. The van der Waals surface area contributed by atoms with Gasteiger partial charge in [-0.15, -0.1) is 0 Å². The number of hydrogen-bond donors (Lipinski definition) is 0. The second-order valence-electron chi connectivity index (χ2n) is 2.72. The van der Waals surface area contributed by atoms with Gasteiger partial charge in [-0.2, -0.15) is 43.9 Å². The molecule has 0 aliphatic rings. The lowest BCUT2D eigenvalue weighted by Crippen LogP contribution is -2.64. The van der Waals surface area contributed by atoms with Crippen LogP contribution in [-0.2, 0) is 0 Å². The van der Waals surface area contributed by atoms with Crippen molar-refractivity contribution in [3.05, 3.63) is 0 Å². The third kappa shape index (κ3) is 2.61. The van der Waals surface area contributed by atoms with E-state index in [9.17, 15) is 43.9 Å². The molecule has 0 rings (SSSR count). The van der Waals surface area contributed by atoms with Crippen LogP contribution in [0.3, 0.4) is 0 Å². The van der Waals surface area contributed by atoms with E-state index in [-0.39, 0.29) is 0 Å². The van der Waals surface area contributed by atoms with Crippen LogP contribution in [0.4, 0.5) is 43.9 Å². The molecule has 104 valence electrons. The van der Waals surface area contributed by atoms with Gasteiger partial charge in [-0.3, -0.25) is 0 Å². The van der Waals surface area contributed by atoms with Gasteiger partial charge < -0.3 is 0 Å². The van der Waals surface area contributed by atoms with Gasteiger partial charge in [0.15, 0.2) is 0 Å². The Labute approximate surface area is 109 Å². The molecular formula is C5BrF10I. The molecular weight excluding hydrogens is 457 g/mol. The highest BCUT2D eigenvalue weighted by Crippen LogP contribution is 2.59. The summed E-state index contributed by atoms with van der Waals surface area (Å²) in [6.07, 6.45) is 0. The molecule has 0 radical (unpaired) electrons. The smallest absolute Gasteiger partial charge is 0.192 e. The third-order valence-electron chi connectivity index (χ3n) is 1.50. The Hall–Kier alpha value is 0.510. The molecule has 0 saturated carbocycles. The molecule has 0 heterocycles. The number of hydrogen-bond acceptors (Lipinski definition) is 0. The van der Waals surface area contributed by atoms with Crippen molar-refractivity contribution in [1.29, 1.82) is 0 Å². The SMILES string of the molecule is FC(F)(Br)C(F)(F)C(F)(F)C(F)(F)C(F)(F)I. The van der Waals surface area contributed by atoms with Crippen molar-refractivity contribution < 1.29 is 43.9 Å². The van der Waals surface area contributed by atoms with Crippen molar-refractivity contribution in [3.63, 3.8) is 0 Å². The van der Waals surface area contributed by atoms with Crippen molar-refractivity contribution in [2.75, 3.05) is 0 Å². The lowest BCUT2D eigenvalue weighted by molar-refractivity contribution is -0.368. The molecule has 0 spiro atoms. The van der Waals surface area contributed by atoms with Crippen LogP contribution in [0.25, 0.3) is 0 Å². The molecule has 0 fully saturated rings. The van der Waals surface area contributed by atoms with Crippen LogP contribution >= 0.6 is 38.5 Å². The molecule has 0 unspecified atom stereocenters. The fourth-order valence-electron chi connectivity index (χ4n) is 0.553. The van der Waals surface area contributed by atoms with Gasteiger partial charge in [0.25, 0.3) is 0 Å². The van der Waals surface area contributed by atoms with Crippen LogP contribution in [0.15, 0.2) is 0 Å². The van der Waals surface area contributed by atoms with Crippen LogP contribution in [0, 0.1) is 0 Å². The minimum atomic E-state index is -6.96. The lowest BCUT2D eigenvalue weighted by Gasteiger charge is -2.36. The minimum Gasteiger partial charge on any atom is -0.192 e. The van der Waals surface area contributed by atoms with Gasteiger partial charge in [0.1, 0.15) is 0 Å². The molecule has 17 heavy (non-hydrogen) atoms. The number of rotatable bonds is 4. The first kappa shape index (κ1) is 17.5. The number of halogens is 12. The summed E-state index contributed by atoms with van der Waals surface area (Å²) in [5.41, 5.74) is 0. The van der Waals surface area contributed by atoms with E-state index < -0.39 is 49.1 Å². The van der Waals surface area contributed by atoms with E-state index in [0.717, 1.165) is 15.9 Å². The van der Waals surface area contributed by atoms with Crippen molar-refractivity contribution >= 4 is 38.5 Å². The molecule has 0 aromatic rings. The van der Waals surface area contributed by atoms with Crippen molar-refractivity contribution in [2.24, 2.45) is 0 Å². The van der Waals surface area contributed by atoms with Crippen molar-refractivity contribution in [2.45, 2.75) is 26.5 Å². The largest absolute Gasteiger partial charge is 0.388 e. The fraction of sp³-hybridized carbons (Fsp3) is 1.00. The zero-order valence-electron chi connectivity index (χ0n) is 7.04. The molecule has 0 nitrogen and oxygen atoms in total. The third-order valence-corrected chi connectivity index (χ3v) is 2.68. The molecule has 0 atom stereocenters. The normalized spacial score (nSPS) is 16.2. The first-order valence-corrected chi connectivity index (χ1v) is 5.14. The van der Waals surface area contributed by atoms with E-state index >= 15 is 0 Å². The summed E-state index contributed by atoms with van der Waals surface area (Å²) in [4.78, 5) is -5.78. The average Bonchev–Trinajstić information content (AvgIpc) is 1.98. The van der Waals surface area contributed by atoms with Crippen LogP contribution < -0.4 is 0 Å². The molecule has 0 aromatic heterocycles. The van der Waals surface area contributed by atoms with Crippen molar-refractivity contribution in [3.8, 4) is 0 Å². The summed E-state index contributed by atoms with van der Waals surface area (Å²) in [6, 6.07) is 0. The summed E-state index contributed by atoms with van der Waals surface area (Å²) in [5.74, 6) is -20.3. The van der Waals surface area contributed by atoms with E-state index in [1.54, 1.807) is 0 Å². The summed E-state index contributed by atoms with van der Waals surface area (Å²) in [5, 5.41) is 0. The van der Waals surface area contributed by atoms with Gasteiger partial charge in [0, 0.05) is 22.6 Å². The van der Waals surface area contributed by atoms with Gasteiger partial charge in [-0.05, 0) is 15.9 Å². The van der Waals surface area contributed by atoms with E-state index in [1.165, 1.54) is 0 Å². The molecule has 0 N–H and O–H groups in total. The molecule has 0 bridgehead atoms. The Kier molecular flexibility index (Phi) is 4.39. The van der Waals surface area contributed by atoms with Crippen LogP contribution in [-0.4, -0.2) is 26.5 Å².